The van der Waals surface area contributed by atoms with E-state index in [1.54, 1.807) is 6.07 Å². The Kier molecular flexibility index (Phi) is 4.88. The Hall–Kier alpha value is -2.79. The maximum absolute atomic E-state index is 10.9. The number of allylic oxidation sites excluding steroid dienone is 2. The van der Waals surface area contributed by atoms with E-state index in [-0.39, 0.29) is 15.7 Å². The highest BCUT2D eigenvalue weighted by Gasteiger charge is 2.19. The highest BCUT2D eigenvalue weighted by Crippen LogP contribution is 2.34. The van der Waals surface area contributed by atoms with Crippen LogP contribution in [0.5, 0.6) is 0 Å². The second kappa shape index (κ2) is 6.40. The van der Waals surface area contributed by atoms with Crippen molar-refractivity contribution in [1.29, 1.82) is 15.8 Å². The van der Waals surface area contributed by atoms with Crippen molar-refractivity contribution < 1.29 is 4.92 Å². The SMILES string of the molecule is N#CC(C#N)=C(C#N)Nc1cc(Cl)c(Cl)cc1[N+](=O)[O-]. The molecule has 0 spiro atoms. The molecule has 0 unspecified atom stereocenters. The molecule has 0 aliphatic heterocycles. The Morgan fingerprint density at radius 2 is 1.70 bits per heavy atom. The summed E-state index contributed by atoms with van der Waals surface area (Å²) in [5, 5.41) is 39.5. The van der Waals surface area contributed by atoms with Crippen molar-refractivity contribution in [3.8, 4) is 18.2 Å². The van der Waals surface area contributed by atoms with Crippen LogP contribution in [0.15, 0.2) is 23.4 Å². The standard InChI is InChI=1S/C11H3Cl2N5O2/c12-7-1-9(11(18(19)20)2-8(7)13)17-10(5-16)6(3-14)4-15/h1-2,17H. The average Bonchev–Trinajstić information content (AvgIpc) is 2.42. The van der Waals surface area contributed by atoms with Crippen LogP contribution in [0.2, 0.25) is 10.0 Å². The van der Waals surface area contributed by atoms with Crippen molar-refractivity contribution in [2.75, 3.05) is 5.32 Å². The Labute approximate surface area is 123 Å². The normalized spacial score (nSPS) is 8.75. The van der Waals surface area contributed by atoms with Crippen LogP contribution in [0.25, 0.3) is 0 Å². The van der Waals surface area contributed by atoms with Crippen LogP contribution in [0.4, 0.5) is 11.4 Å². The third-order valence-corrected chi connectivity index (χ3v) is 2.80. The lowest BCUT2D eigenvalue weighted by atomic mass is 10.2. The zero-order valence-corrected chi connectivity index (χ0v) is 11.0. The molecule has 0 bridgehead atoms. The molecule has 0 saturated carbocycles. The van der Waals surface area contributed by atoms with Gasteiger partial charge in [0.1, 0.15) is 29.6 Å². The van der Waals surface area contributed by atoms with Gasteiger partial charge in [-0.1, -0.05) is 23.2 Å². The van der Waals surface area contributed by atoms with Gasteiger partial charge in [0.2, 0.25) is 0 Å². The number of nitro groups is 1. The van der Waals surface area contributed by atoms with Gasteiger partial charge in [0.05, 0.1) is 15.0 Å². The molecule has 1 aromatic rings. The predicted octanol–water partition coefficient (Wildman–Crippen LogP) is 3.14. The molecule has 98 valence electrons. The number of nitrogens with one attached hydrogen (secondary N) is 1. The minimum Gasteiger partial charge on any atom is -0.339 e. The monoisotopic (exact) mass is 307 g/mol. The highest BCUT2D eigenvalue weighted by molar-refractivity contribution is 6.42. The van der Waals surface area contributed by atoms with Gasteiger partial charge in [-0.2, -0.15) is 15.8 Å². The first-order valence-electron chi connectivity index (χ1n) is 4.79. The fourth-order valence-corrected chi connectivity index (χ4v) is 1.53. The Balaban J connectivity index is 3.43. The highest BCUT2D eigenvalue weighted by atomic mass is 35.5. The van der Waals surface area contributed by atoms with Gasteiger partial charge in [-0.3, -0.25) is 10.1 Å². The molecule has 0 atom stereocenters. The van der Waals surface area contributed by atoms with E-state index in [1.165, 1.54) is 12.1 Å². The van der Waals surface area contributed by atoms with E-state index in [9.17, 15) is 10.1 Å². The van der Waals surface area contributed by atoms with Crippen molar-refractivity contribution in [3.63, 3.8) is 0 Å². The molecule has 0 radical (unpaired) electrons. The van der Waals surface area contributed by atoms with E-state index in [4.69, 9.17) is 39.0 Å². The zero-order valence-electron chi connectivity index (χ0n) is 9.52. The number of halogens is 2. The van der Waals surface area contributed by atoms with E-state index in [0.717, 1.165) is 12.1 Å². The lowest BCUT2D eigenvalue weighted by molar-refractivity contribution is -0.383. The second-order valence-electron chi connectivity index (χ2n) is 3.25. The molecule has 0 aliphatic carbocycles. The molecule has 1 aromatic carbocycles. The largest absolute Gasteiger partial charge is 0.339 e. The fraction of sp³-hybridized carbons (Fsp3) is 0. The number of rotatable bonds is 3. The van der Waals surface area contributed by atoms with E-state index in [0.29, 0.717) is 0 Å². The third kappa shape index (κ3) is 3.15. The number of nitrogens with zero attached hydrogens (tertiary/aromatic N) is 4. The Bertz CT molecular complexity index is 721. The van der Waals surface area contributed by atoms with Crippen molar-refractivity contribution in [2.45, 2.75) is 0 Å². The van der Waals surface area contributed by atoms with Gasteiger partial charge in [-0.25, -0.2) is 0 Å². The molecule has 0 saturated heterocycles. The summed E-state index contributed by atoms with van der Waals surface area (Å²) in [4.78, 5) is 10.2. The Morgan fingerprint density at radius 1 is 1.15 bits per heavy atom. The van der Waals surface area contributed by atoms with Gasteiger partial charge < -0.3 is 5.32 Å². The van der Waals surface area contributed by atoms with Crippen molar-refractivity contribution in [1.82, 2.24) is 0 Å². The molecule has 0 aromatic heterocycles. The fourth-order valence-electron chi connectivity index (χ4n) is 1.21. The number of hydrogen-bond acceptors (Lipinski definition) is 6. The smallest absolute Gasteiger partial charge is 0.294 e. The minimum absolute atomic E-state index is 0.0209. The van der Waals surface area contributed by atoms with E-state index >= 15 is 0 Å². The number of hydrogen-bond donors (Lipinski definition) is 1. The van der Waals surface area contributed by atoms with Crippen LogP contribution in [0.1, 0.15) is 0 Å². The zero-order chi connectivity index (χ0) is 15.3. The van der Waals surface area contributed by atoms with E-state index < -0.39 is 21.9 Å². The van der Waals surface area contributed by atoms with Gasteiger partial charge in [-0.05, 0) is 6.07 Å². The maximum atomic E-state index is 10.9. The molecule has 0 fully saturated rings. The first kappa shape index (κ1) is 15.3. The van der Waals surface area contributed by atoms with E-state index in [1.807, 2.05) is 0 Å². The molecule has 0 amide bonds. The summed E-state index contributed by atoms with van der Waals surface area (Å²) in [6.07, 6.45) is 0. The maximum Gasteiger partial charge on any atom is 0.294 e. The first-order valence-corrected chi connectivity index (χ1v) is 5.55. The van der Waals surface area contributed by atoms with Crippen LogP contribution in [0, 0.1) is 44.1 Å². The molecular weight excluding hydrogens is 305 g/mol. The molecule has 7 nitrogen and oxygen atoms in total. The Morgan fingerprint density at radius 3 is 2.15 bits per heavy atom. The van der Waals surface area contributed by atoms with Gasteiger partial charge in [-0.15, -0.1) is 0 Å². The molecule has 1 N–H and O–H groups in total. The minimum atomic E-state index is -0.738. The summed E-state index contributed by atoms with van der Waals surface area (Å²) in [5.41, 5.74) is -1.52. The van der Waals surface area contributed by atoms with Gasteiger partial charge >= 0.3 is 0 Å². The quantitative estimate of drug-likeness (QED) is 0.519. The van der Waals surface area contributed by atoms with Crippen LogP contribution >= 0.6 is 23.2 Å². The predicted molar refractivity (Wildman–Crippen MR) is 70.6 cm³/mol. The second-order valence-corrected chi connectivity index (χ2v) is 4.07. The van der Waals surface area contributed by atoms with E-state index in [2.05, 4.69) is 5.32 Å². The summed E-state index contributed by atoms with van der Waals surface area (Å²) in [7, 11) is 0. The average molecular weight is 308 g/mol. The number of nitro benzene ring substituents is 1. The molecule has 0 aliphatic rings. The lowest BCUT2D eigenvalue weighted by Gasteiger charge is -2.07. The number of anilines is 1. The summed E-state index contributed by atoms with van der Waals surface area (Å²) in [5.74, 6) is 0. The topological polar surface area (TPSA) is 127 Å². The summed E-state index contributed by atoms with van der Waals surface area (Å²) in [6.45, 7) is 0. The summed E-state index contributed by atoms with van der Waals surface area (Å²) in [6, 6.07) is 6.71. The van der Waals surface area contributed by atoms with Crippen molar-refractivity contribution >= 4 is 34.6 Å². The lowest BCUT2D eigenvalue weighted by Crippen LogP contribution is -2.03. The van der Waals surface area contributed by atoms with Crippen LogP contribution in [-0.2, 0) is 0 Å². The molecular formula is C11H3Cl2N5O2. The summed E-state index contributed by atoms with van der Waals surface area (Å²) >= 11 is 11.4. The molecule has 1 rings (SSSR count). The number of benzene rings is 1. The van der Waals surface area contributed by atoms with Crippen LogP contribution in [0.3, 0.4) is 0 Å². The van der Waals surface area contributed by atoms with Crippen LogP contribution in [-0.4, -0.2) is 4.92 Å². The van der Waals surface area contributed by atoms with Gasteiger partial charge in [0, 0.05) is 6.07 Å². The van der Waals surface area contributed by atoms with Crippen molar-refractivity contribution in [3.05, 3.63) is 43.6 Å². The van der Waals surface area contributed by atoms with Crippen LogP contribution < -0.4 is 5.32 Å². The first-order chi connectivity index (χ1) is 9.44. The molecule has 0 heterocycles. The number of nitriles is 3. The summed E-state index contributed by atoms with van der Waals surface area (Å²) < 4.78 is 0. The molecule has 9 heteroatoms. The third-order valence-electron chi connectivity index (χ3n) is 2.08. The van der Waals surface area contributed by atoms with Gasteiger partial charge in [0.15, 0.2) is 5.57 Å². The van der Waals surface area contributed by atoms with Gasteiger partial charge in [0.25, 0.3) is 5.69 Å². The van der Waals surface area contributed by atoms with Crippen molar-refractivity contribution in [2.24, 2.45) is 0 Å². The molecule has 20 heavy (non-hydrogen) atoms.